The zero-order chi connectivity index (χ0) is 14.9. The van der Waals surface area contributed by atoms with E-state index in [2.05, 4.69) is 44.2 Å². The van der Waals surface area contributed by atoms with Crippen LogP contribution in [0.15, 0.2) is 11.3 Å². The summed E-state index contributed by atoms with van der Waals surface area (Å²) in [6.45, 7) is 7.69. The molecular weight excluding hydrogens is 264 g/mol. The van der Waals surface area contributed by atoms with Crippen molar-refractivity contribution in [3.63, 3.8) is 0 Å². The van der Waals surface area contributed by atoms with Gasteiger partial charge in [0.15, 0.2) is 5.96 Å². The molecular formula is C15H28N6. The van der Waals surface area contributed by atoms with Crippen LogP contribution in [-0.4, -0.2) is 40.4 Å². The van der Waals surface area contributed by atoms with E-state index in [0.717, 1.165) is 50.3 Å². The first-order valence-electron chi connectivity index (χ1n) is 8.22. The molecule has 0 spiro atoms. The molecule has 0 unspecified atom stereocenters. The molecule has 2 rings (SSSR count). The van der Waals surface area contributed by atoms with Crippen LogP contribution in [0.5, 0.6) is 0 Å². The van der Waals surface area contributed by atoms with Crippen LogP contribution in [-0.2, 0) is 13.0 Å². The van der Waals surface area contributed by atoms with E-state index in [0.29, 0.717) is 0 Å². The molecule has 2 N–H and O–H groups in total. The molecule has 6 heteroatoms. The van der Waals surface area contributed by atoms with Gasteiger partial charge in [-0.25, -0.2) is 0 Å². The van der Waals surface area contributed by atoms with Gasteiger partial charge in [-0.2, -0.15) is 0 Å². The third kappa shape index (κ3) is 5.73. The Morgan fingerprint density at radius 1 is 1.38 bits per heavy atom. The summed E-state index contributed by atoms with van der Waals surface area (Å²) in [6, 6.07) is 0. The van der Waals surface area contributed by atoms with Crippen LogP contribution in [0.2, 0.25) is 0 Å². The molecule has 118 valence electrons. The smallest absolute Gasteiger partial charge is 0.191 e. The van der Waals surface area contributed by atoms with E-state index < -0.39 is 0 Å². The predicted octanol–water partition coefficient (Wildman–Crippen LogP) is 1.59. The molecule has 6 nitrogen and oxygen atoms in total. The van der Waals surface area contributed by atoms with Gasteiger partial charge in [0, 0.05) is 32.6 Å². The number of aromatic nitrogens is 3. The Kier molecular flexibility index (Phi) is 6.50. The summed E-state index contributed by atoms with van der Waals surface area (Å²) in [5, 5.41) is 14.7. The van der Waals surface area contributed by atoms with Crippen LogP contribution >= 0.6 is 0 Å². The third-order valence-corrected chi connectivity index (χ3v) is 3.74. The maximum atomic E-state index is 4.63. The van der Waals surface area contributed by atoms with Crippen molar-refractivity contribution < 1.29 is 0 Å². The van der Waals surface area contributed by atoms with Crippen molar-refractivity contribution in [3.8, 4) is 0 Å². The summed E-state index contributed by atoms with van der Waals surface area (Å²) in [5.74, 6) is 2.94. The van der Waals surface area contributed by atoms with E-state index in [4.69, 9.17) is 0 Å². The highest BCUT2D eigenvalue weighted by Crippen LogP contribution is 2.33. The molecule has 1 aromatic heterocycles. The highest BCUT2D eigenvalue weighted by Gasteiger charge is 2.19. The SMILES string of the molecule is CCNC(=NCCCC1CC1)NCCn1cnnc1CC. The van der Waals surface area contributed by atoms with Gasteiger partial charge in [-0.05, 0) is 25.7 Å². The zero-order valence-electron chi connectivity index (χ0n) is 13.3. The minimum Gasteiger partial charge on any atom is -0.357 e. The highest BCUT2D eigenvalue weighted by atomic mass is 15.3. The van der Waals surface area contributed by atoms with Gasteiger partial charge >= 0.3 is 0 Å². The van der Waals surface area contributed by atoms with Crippen molar-refractivity contribution in [2.24, 2.45) is 10.9 Å². The summed E-state index contributed by atoms with van der Waals surface area (Å²) in [7, 11) is 0. The Morgan fingerprint density at radius 3 is 2.95 bits per heavy atom. The summed E-state index contributed by atoms with van der Waals surface area (Å²) < 4.78 is 2.09. The minimum atomic E-state index is 0.833. The first-order valence-corrected chi connectivity index (χ1v) is 8.22. The van der Waals surface area contributed by atoms with E-state index in [-0.39, 0.29) is 0 Å². The van der Waals surface area contributed by atoms with Crippen molar-refractivity contribution in [3.05, 3.63) is 12.2 Å². The molecule has 0 aliphatic heterocycles. The van der Waals surface area contributed by atoms with Gasteiger partial charge in [0.25, 0.3) is 0 Å². The van der Waals surface area contributed by atoms with Gasteiger partial charge < -0.3 is 15.2 Å². The molecule has 0 bridgehead atoms. The predicted molar refractivity (Wildman–Crippen MR) is 85.3 cm³/mol. The normalized spacial score (nSPS) is 15.2. The lowest BCUT2D eigenvalue weighted by atomic mass is 10.2. The van der Waals surface area contributed by atoms with Crippen molar-refractivity contribution in [2.45, 2.75) is 52.5 Å². The number of aliphatic imine (C=N–C) groups is 1. The average molecular weight is 292 g/mol. The second kappa shape index (κ2) is 8.64. The number of hydrogen-bond acceptors (Lipinski definition) is 3. The first kappa shape index (κ1) is 15.8. The molecule has 0 radical (unpaired) electrons. The first-order chi connectivity index (χ1) is 10.3. The van der Waals surface area contributed by atoms with Crippen molar-refractivity contribution >= 4 is 5.96 Å². The summed E-state index contributed by atoms with van der Waals surface area (Å²) in [6.07, 6.45) is 8.10. The van der Waals surface area contributed by atoms with Gasteiger partial charge in [-0.3, -0.25) is 4.99 Å². The quantitative estimate of drug-likeness (QED) is 0.412. The monoisotopic (exact) mass is 292 g/mol. The summed E-state index contributed by atoms with van der Waals surface area (Å²) in [4.78, 5) is 4.63. The van der Waals surface area contributed by atoms with Gasteiger partial charge in [0.2, 0.25) is 0 Å². The lowest BCUT2D eigenvalue weighted by Crippen LogP contribution is -2.39. The molecule has 1 saturated carbocycles. The Bertz CT molecular complexity index is 435. The van der Waals surface area contributed by atoms with Crippen LogP contribution in [0.25, 0.3) is 0 Å². The lowest BCUT2D eigenvalue weighted by molar-refractivity contribution is 0.629. The third-order valence-electron chi connectivity index (χ3n) is 3.74. The van der Waals surface area contributed by atoms with Crippen molar-refractivity contribution in [1.82, 2.24) is 25.4 Å². The molecule has 0 atom stereocenters. The topological polar surface area (TPSA) is 67.1 Å². The largest absolute Gasteiger partial charge is 0.357 e. The Hall–Kier alpha value is -1.59. The summed E-state index contributed by atoms with van der Waals surface area (Å²) in [5.41, 5.74) is 0. The molecule has 0 saturated heterocycles. The maximum absolute atomic E-state index is 4.63. The van der Waals surface area contributed by atoms with E-state index in [1.807, 2.05) is 0 Å². The highest BCUT2D eigenvalue weighted by molar-refractivity contribution is 5.79. The molecule has 1 aromatic rings. The summed E-state index contributed by atoms with van der Waals surface area (Å²) >= 11 is 0. The molecule has 1 aliphatic carbocycles. The number of rotatable bonds is 9. The fraction of sp³-hybridized carbons (Fsp3) is 0.800. The van der Waals surface area contributed by atoms with Crippen LogP contribution in [0.3, 0.4) is 0 Å². The fourth-order valence-electron chi connectivity index (χ4n) is 2.35. The van der Waals surface area contributed by atoms with E-state index >= 15 is 0 Å². The van der Waals surface area contributed by atoms with Crippen LogP contribution in [0.4, 0.5) is 0 Å². The average Bonchev–Trinajstić information content (AvgIpc) is 3.20. The fourth-order valence-corrected chi connectivity index (χ4v) is 2.35. The molecule has 1 heterocycles. The molecule has 0 aromatic carbocycles. The van der Waals surface area contributed by atoms with Gasteiger partial charge in [-0.1, -0.05) is 19.8 Å². The standard InChI is InChI=1S/C15H28N6/c1-3-14-20-19-12-21(14)11-10-18-15(16-4-2)17-9-5-6-13-7-8-13/h12-13H,3-11H2,1-2H3,(H2,16,17,18). The van der Waals surface area contributed by atoms with Crippen molar-refractivity contribution in [2.75, 3.05) is 19.6 Å². The number of aryl methyl sites for hydroxylation is 1. The number of nitrogens with one attached hydrogen (secondary N) is 2. The van der Waals surface area contributed by atoms with E-state index in [1.165, 1.54) is 25.7 Å². The van der Waals surface area contributed by atoms with E-state index in [9.17, 15) is 0 Å². The number of nitrogens with zero attached hydrogens (tertiary/aromatic N) is 4. The lowest BCUT2D eigenvalue weighted by Gasteiger charge is -2.12. The maximum Gasteiger partial charge on any atom is 0.191 e. The second-order valence-corrected chi connectivity index (χ2v) is 5.57. The Balaban J connectivity index is 1.69. The van der Waals surface area contributed by atoms with Gasteiger partial charge in [0.1, 0.15) is 12.2 Å². The van der Waals surface area contributed by atoms with Crippen molar-refractivity contribution in [1.29, 1.82) is 0 Å². The van der Waals surface area contributed by atoms with Crippen LogP contribution in [0.1, 0.15) is 45.4 Å². The van der Waals surface area contributed by atoms with Gasteiger partial charge in [0.05, 0.1) is 0 Å². The van der Waals surface area contributed by atoms with Crippen LogP contribution < -0.4 is 10.6 Å². The Labute approximate surface area is 127 Å². The number of guanidine groups is 1. The van der Waals surface area contributed by atoms with Gasteiger partial charge in [-0.15, -0.1) is 10.2 Å². The molecule has 21 heavy (non-hydrogen) atoms. The van der Waals surface area contributed by atoms with Crippen LogP contribution in [0, 0.1) is 5.92 Å². The Morgan fingerprint density at radius 2 is 2.24 bits per heavy atom. The molecule has 0 amide bonds. The minimum absolute atomic E-state index is 0.833. The van der Waals surface area contributed by atoms with E-state index in [1.54, 1.807) is 6.33 Å². The number of hydrogen-bond donors (Lipinski definition) is 2. The molecule has 1 fully saturated rings. The zero-order valence-corrected chi connectivity index (χ0v) is 13.3. The second-order valence-electron chi connectivity index (χ2n) is 5.57. The molecule has 1 aliphatic rings.